The number of carbonyl (C=O) groups excluding carboxylic acids is 1. The number of nitrogens with zero attached hydrogens (tertiary/aromatic N) is 4. The second-order valence-corrected chi connectivity index (χ2v) is 13.4. The number of hydrogen-bond acceptors (Lipinski definition) is 8. The summed E-state index contributed by atoms with van der Waals surface area (Å²) >= 11 is 4.90. The van der Waals surface area contributed by atoms with Crippen LogP contribution in [0.2, 0.25) is 0 Å². The Morgan fingerprint density at radius 3 is 2.53 bits per heavy atom. The third-order valence-corrected chi connectivity index (χ3v) is 10.1. The molecule has 3 fully saturated rings. The van der Waals surface area contributed by atoms with E-state index in [2.05, 4.69) is 26.2 Å². The van der Waals surface area contributed by atoms with Crippen LogP contribution in [0.5, 0.6) is 0 Å². The molecule has 1 amide bonds. The first-order chi connectivity index (χ1) is 22.8. The SMILES string of the molecule is CCOC1C(n2cc(-c3cc(F)c(F)c(F)c3)nn2)[C@H]2OC(c3ccccc3)OCC2O[C@@H]1Sc1cc(Br)ccc1C(=O)N1CCC1. The number of amides is 1. The van der Waals surface area contributed by atoms with Crippen molar-refractivity contribution in [2.75, 3.05) is 26.3 Å². The van der Waals surface area contributed by atoms with Crippen LogP contribution in [0.25, 0.3) is 11.3 Å². The molecule has 0 aliphatic carbocycles. The fourth-order valence-corrected chi connectivity index (χ4v) is 7.77. The van der Waals surface area contributed by atoms with E-state index in [4.69, 9.17) is 18.9 Å². The summed E-state index contributed by atoms with van der Waals surface area (Å²) in [7, 11) is 0. The van der Waals surface area contributed by atoms with Gasteiger partial charge in [-0.05, 0) is 43.7 Å². The highest BCUT2D eigenvalue weighted by Crippen LogP contribution is 2.45. The number of fused-ring (bicyclic) bond motifs is 1. The maximum Gasteiger partial charge on any atom is 0.254 e. The van der Waals surface area contributed by atoms with Gasteiger partial charge in [-0.3, -0.25) is 4.79 Å². The highest BCUT2D eigenvalue weighted by Gasteiger charge is 2.52. The van der Waals surface area contributed by atoms with Crippen LogP contribution >= 0.6 is 27.7 Å². The average Bonchev–Trinajstić information content (AvgIpc) is 3.53. The molecule has 4 heterocycles. The lowest BCUT2D eigenvalue weighted by atomic mass is 9.95. The number of carbonyl (C=O) groups is 1. The van der Waals surface area contributed by atoms with Crippen molar-refractivity contribution >= 4 is 33.6 Å². The molecule has 3 aromatic carbocycles. The number of aromatic nitrogens is 3. The minimum atomic E-state index is -1.56. The van der Waals surface area contributed by atoms with Gasteiger partial charge in [0.2, 0.25) is 0 Å². The summed E-state index contributed by atoms with van der Waals surface area (Å²) < 4.78 is 70.1. The first-order valence-electron chi connectivity index (χ1n) is 15.2. The summed E-state index contributed by atoms with van der Waals surface area (Å²) in [4.78, 5) is 15.9. The first kappa shape index (κ1) is 32.3. The van der Waals surface area contributed by atoms with Crippen molar-refractivity contribution in [3.8, 4) is 11.3 Å². The van der Waals surface area contributed by atoms with E-state index in [9.17, 15) is 18.0 Å². The molecule has 6 atom stereocenters. The molecule has 7 rings (SSSR count). The van der Waals surface area contributed by atoms with E-state index < -0.39 is 53.5 Å². The Morgan fingerprint density at radius 2 is 1.83 bits per heavy atom. The fourth-order valence-electron chi connectivity index (χ4n) is 5.96. The summed E-state index contributed by atoms with van der Waals surface area (Å²) in [6, 6.07) is 16.1. The minimum absolute atomic E-state index is 0.0217. The Bertz CT molecular complexity index is 1740. The number of hydrogen-bond donors (Lipinski definition) is 0. The zero-order valence-corrected chi connectivity index (χ0v) is 27.5. The number of likely N-dealkylation sites (tertiary alicyclic amines) is 1. The largest absolute Gasteiger partial charge is 0.373 e. The second kappa shape index (κ2) is 13.7. The fraction of sp³-hybridized carbons (Fsp3) is 0.364. The highest BCUT2D eigenvalue weighted by atomic mass is 79.9. The maximum absolute atomic E-state index is 14.2. The zero-order valence-electron chi connectivity index (χ0n) is 25.1. The molecule has 0 spiro atoms. The van der Waals surface area contributed by atoms with Crippen LogP contribution in [0.15, 0.2) is 76.2 Å². The van der Waals surface area contributed by atoms with Gasteiger partial charge >= 0.3 is 0 Å². The van der Waals surface area contributed by atoms with E-state index in [-0.39, 0.29) is 23.8 Å². The van der Waals surface area contributed by atoms with Crippen LogP contribution in [0.1, 0.15) is 41.6 Å². The molecule has 3 aliphatic rings. The van der Waals surface area contributed by atoms with Gasteiger partial charge in [0.1, 0.15) is 35.5 Å². The highest BCUT2D eigenvalue weighted by molar-refractivity contribution is 9.10. The van der Waals surface area contributed by atoms with Crippen molar-refractivity contribution in [3.63, 3.8) is 0 Å². The van der Waals surface area contributed by atoms with Crippen LogP contribution in [0.3, 0.4) is 0 Å². The van der Waals surface area contributed by atoms with Crippen molar-refractivity contribution in [1.82, 2.24) is 19.9 Å². The molecule has 1 aromatic heterocycles. The van der Waals surface area contributed by atoms with Gasteiger partial charge in [0.05, 0.1) is 18.4 Å². The molecule has 47 heavy (non-hydrogen) atoms. The Labute approximate surface area is 281 Å². The topological polar surface area (TPSA) is 87.9 Å². The second-order valence-electron chi connectivity index (χ2n) is 11.4. The summed E-state index contributed by atoms with van der Waals surface area (Å²) in [6.45, 7) is 3.77. The number of thioether (sulfide) groups is 1. The van der Waals surface area contributed by atoms with Crippen molar-refractivity contribution < 1.29 is 36.9 Å². The third kappa shape index (κ3) is 6.46. The Balaban J connectivity index is 1.27. The van der Waals surface area contributed by atoms with Crippen molar-refractivity contribution in [3.05, 3.63) is 99.9 Å². The Kier molecular flexibility index (Phi) is 9.40. The van der Waals surface area contributed by atoms with Crippen molar-refractivity contribution in [2.24, 2.45) is 0 Å². The van der Waals surface area contributed by atoms with E-state index in [1.54, 1.807) is 15.6 Å². The molecule has 0 radical (unpaired) electrons. The average molecular weight is 732 g/mol. The van der Waals surface area contributed by atoms with Crippen LogP contribution in [0, 0.1) is 17.5 Å². The van der Waals surface area contributed by atoms with Gasteiger partial charge in [0, 0.05) is 40.2 Å². The monoisotopic (exact) mass is 730 g/mol. The van der Waals surface area contributed by atoms with Crippen molar-refractivity contribution in [2.45, 2.75) is 54.3 Å². The van der Waals surface area contributed by atoms with Crippen LogP contribution < -0.4 is 0 Å². The van der Waals surface area contributed by atoms with Gasteiger partial charge in [-0.15, -0.1) is 5.10 Å². The summed E-state index contributed by atoms with van der Waals surface area (Å²) in [5.41, 5.74) is 0.861. The Morgan fingerprint density at radius 1 is 1.06 bits per heavy atom. The number of halogens is 4. The Hall–Kier alpha value is -3.27. The van der Waals surface area contributed by atoms with E-state index in [0.717, 1.165) is 28.6 Å². The molecule has 0 N–H and O–H groups in total. The maximum atomic E-state index is 14.2. The molecular weight excluding hydrogens is 701 g/mol. The van der Waals surface area contributed by atoms with Gasteiger partial charge in [0.15, 0.2) is 23.7 Å². The first-order valence-corrected chi connectivity index (χ1v) is 16.9. The molecule has 0 saturated carbocycles. The lowest BCUT2D eigenvalue weighted by molar-refractivity contribution is -0.309. The van der Waals surface area contributed by atoms with E-state index in [1.807, 2.05) is 49.4 Å². The standard InChI is InChI=1S/C33H30BrF3N4O5S/c1-2-43-30-28(41-16-24(38-39-41)19-13-22(35)27(37)23(36)14-19)29-25(17-44-32(46-29)18-7-4-3-5-8-18)45-33(30)47-26-15-20(34)9-10-21(26)31(42)40-11-6-12-40/h3-5,7-10,13-16,25,28-30,32-33H,2,6,11-12,17H2,1H3/t25?,28?,29-,30?,32?,33+/m0/s1. The zero-order chi connectivity index (χ0) is 32.7. The summed E-state index contributed by atoms with van der Waals surface area (Å²) in [5.74, 6) is -4.29. The lowest BCUT2D eigenvalue weighted by Gasteiger charge is -2.49. The molecule has 246 valence electrons. The molecule has 9 nitrogen and oxygen atoms in total. The number of rotatable bonds is 8. The van der Waals surface area contributed by atoms with Crippen molar-refractivity contribution in [1.29, 1.82) is 0 Å². The molecule has 3 saturated heterocycles. The molecule has 14 heteroatoms. The van der Waals surface area contributed by atoms with Gasteiger partial charge in [-0.2, -0.15) is 0 Å². The molecular formula is C33H30BrF3N4O5S. The van der Waals surface area contributed by atoms with Gasteiger partial charge in [-0.1, -0.05) is 63.2 Å². The summed E-state index contributed by atoms with van der Waals surface area (Å²) in [6.07, 6.45) is -0.129. The molecule has 0 bridgehead atoms. The van der Waals surface area contributed by atoms with Crippen LogP contribution in [0.4, 0.5) is 13.2 Å². The van der Waals surface area contributed by atoms with Gasteiger partial charge in [-0.25, -0.2) is 17.9 Å². The van der Waals surface area contributed by atoms with Crippen LogP contribution in [-0.4, -0.2) is 75.9 Å². The quantitative estimate of drug-likeness (QED) is 0.189. The molecule has 4 aromatic rings. The number of benzene rings is 3. The normalized spacial score (nSPS) is 25.7. The molecule has 3 aliphatic heterocycles. The molecule has 4 unspecified atom stereocenters. The number of ether oxygens (including phenoxy) is 4. The minimum Gasteiger partial charge on any atom is -0.373 e. The third-order valence-electron chi connectivity index (χ3n) is 8.40. The lowest BCUT2D eigenvalue weighted by Crippen LogP contribution is -2.59. The van der Waals surface area contributed by atoms with Crippen LogP contribution in [-0.2, 0) is 18.9 Å². The van der Waals surface area contributed by atoms with E-state index in [0.29, 0.717) is 30.2 Å². The van der Waals surface area contributed by atoms with Gasteiger partial charge in [0.25, 0.3) is 5.91 Å². The summed E-state index contributed by atoms with van der Waals surface area (Å²) in [5, 5.41) is 8.54. The predicted molar refractivity (Wildman–Crippen MR) is 169 cm³/mol. The van der Waals surface area contributed by atoms with Gasteiger partial charge < -0.3 is 23.8 Å². The van der Waals surface area contributed by atoms with E-state index in [1.165, 1.54) is 18.0 Å². The predicted octanol–water partition coefficient (Wildman–Crippen LogP) is 6.55. The smallest absolute Gasteiger partial charge is 0.254 e. The van der Waals surface area contributed by atoms with E-state index >= 15 is 0 Å².